The average molecular weight is 460 g/mol. The van der Waals surface area contributed by atoms with Gasteiger partial charge in [-0.15, -0.1) is 0 Å². The lowest BCUT2D eigenvalue weighted by Crippen LogP contribution is -2.14. The molecule has 0 fully saturated rings. The molecule has 4 aromatic rings. The molecule has 172 valence electrons. The minimum Gasteiger partial charge on any atom is -0.465 e. The third-order valence-corrected chi connectivity index (χ3v) is 5.53. The average Bonchev–Trinajstić information content (AvgIpc) is 2.83. The Hall–Kier alpha value is -4.13. The second-order valence-electron chi connectivity index (χ2n) is 7.94. The van der Waals surface area contributed by atoms with Gasteiger partial charge in [-0.05, 0) is 55.8 Å². The Labute approximate surface area is 195 Å². The molecule has 4 rings (SSSR count). The number of benzene rings is 3. The second-order valence-corrected chi connectivity index (χ2v) is 7.94. The number of esters is 1. The lowest BCUT2D eigenvalue weighted by molar-refractivity contribution is 0.0600. The number of methoxy groups -OCH3 is 1. The Morgan fingerprint density at radius 2 is 1.68 bits per heavy atom. The quantitative estimate of drug-likeness (QED) is 0.346. The van der Waals surface area contributed by atoms with Gasteiger partial charge in [0, 0.05) is 22.2 Å². The standard InChI is InChI=1S/C27H22F2N2O3/c1-15-12-16(2)24-21(13-15)22(14-23(31-24)19-6-4-5-7-20(19)25(28)29)26(32)30-18-10-8-17(9-11-18)27(33)34-3/h4-14,25H,1-3H3,(H,30,32). The van der Waals surface area contributed by atoms with Crippen molar-refractivity contribution < 1.29 is 23.1 Å². The van der Waals surface area contributed by atoms with Crippen molar-refractivity contribution in [3.05, 3.63) is 94.5 Å². The van der Waals surface area contributed by atoms with Gasteiger partial charge < -0.3 is 10.1 Å². The van der Waals surface area contributed by atoms with Gasteiger partial charge in [0.2, 0.25) is 0 Å². The van der Waals surface area contributed by atoms with E-state index in [0.29, 0.717) is 33.4 Å². The highest BCUT2D eigenvalue weighted by molar-refractivity contribution is 6.13. The van der Waals surface area contributed by atoms with Crippen LogP contribution in [0.5, 0.6) is 0 Å². The molecule has 0 atom stereocenters. The number of halogens is 2. The largest absolute Gasteiger partial charge is 0.465 e. The van der Waals surface area contributed by atoms with Gasteiger partial charge in [0.25, 0.3) is 12.3 Å². The number of hydrogen-bond donors (Lipinski definition) is 1. The minimum atomic E-state index is -2.68. The molecule has 0 aliphatic heterocycles. The van der Waals surface area contributed by atoms with Gasteiger partial charge in [0.05, 0.1) is 29.4 Å². The van der Waals surface area contributed by atoms with Crippen LogP contribution in [0.4, 0.5) is 14.5 Å². The fourth-order valence-corrected chi connectivity index (χ4v) is 3.93. The number of carbonyl (C=O) groups is 2. The summed E-state index contributed by atoms with van der Waals surface area (Å²) in [4.78, 5) is 29.7. The molecule has 0 radical (unpaired) electrons. The van der Waals surface area contributed by atoms with Crippen molar-refractivity contribution >= 4 is 28.5 Å². The Morgan fingerprint density at radius 1 is 0.971 bits per heavy atom. The van der Waals surface area contributed by atoms with Gasteiger partial charge in [-0.1, -0.05) is 35.9 Å². The van der Waals surface area contributed by atoms with Crippen LogP contribution in [0.1, 0.15) is 43.8 Å². The molecular weight excluding hydrogens is 438 g/mol. The van der Waals surface area contributed by atoms with Crippen LogP contribution in [0.15, 0.2) is 66.7 Å². The smallest absolute Gasteiger partial charge is 0.337 e. The summed E-state index contributed by atoms with van der Waals surface area (Å²) in [6, 6.07) is 17.8. The topological polar surface area (TPSA) is 68.3 Å². The molecule has 5 nitrogen and oxygen atoms in total. The van der Waals surface area contributed by atoms with Crippen molar-refractivity contribution in [3.8, 4) is 11.3 Å². The van der Waals surface area contributed by atoms with Gasteiger partial charge in [0.1, 0.15) is 0 Å². The van der Waals surface area contributed by atoms with E-state index >= 15 is 0 Å². The summed E-state index contributed by atoms with van der Waals surface area (Å²) in [5.41, 5.74) is 3.91. The molecule has 1 heterocycles. The number of aromatic nitrogens is 1. The molecule has 0 spiro atoms. The molecule has 0 unspecified atom stereocenters. The van der Waals surface area contributed by atoms with E-state index in [1.807, 2.05) is 26.0 Å². The van der Waals surface area contributed by atoms with Crippen molar-refractivity contribution in [3.63, 3.8) is 0 Å². The number of alkyl halides is 2. The number of amides is 1. The molecule has 1 amide bonds. The molecule has 0 bridgehead atoms. The zero-order valence-corrected chi connectivity index (χ0v) is 18.9. The zero-order chi connectivity index (χ0) is 24.4. The molecule has 34 heavy (non-hydrogen) atoms. The molecule has 0 saturated heterocycles. The van der Waals surface area contributed by atoms with Crippen LogP contribution >= 0.6 is 0 Å². The molecule has 1 aromatic heterocycles. The maximum Gasteiger partial charge on any atom is 0.337 e. The summed E-state index contributed by atoms with van der Waals surface area (Å²) in [5.74, 6) is -0.898. The highest BCUT2D eigenvalue weighted by Gasteiger charge is 2.20. The number of nitrogens with one attached hydrogen (secondary N) is 1. The van der Waals surface area contributed by atoms with Crippen molar-refractivity contribution in [2.45, 2.75) is 20.3 Å². The highest BCUT2D eigenvalue weighted by atomic mass is 19.3. The van der Waals surface area contributed by atoms with Crippen LogP contribution in [0, 0.1) is 13.8 Å². The third-order valence-electron chi connectivity index (χ3n) is 5.53. The molecule has 0 aliphatic carbocycles. The number of fused-ring (bicyclic) bond motifs is 1. The van der Waals surface area contributed by atoms with E-state index in [9.17, 15) is 18.4 Å². The lowest BCUT2D eigenvalue weighted by Gasteiger charge is -2.15. The number of hydrogen-bond acceptors (Lipinski definition) is 4. The van der Waals surface area contributed by atoms with Gasteiger partial charge in [-0.25, -0.2) is 18.6 Å². The zero-order valence-electron chi connectivity index (χ0n) is 18.9. The van der Waals surface area contributed by atoms with E-state index in [1.54, 1.807) is 48.5 Å². The van der Waals surface area contributed by atoms with E-state index < -0.39 is 18.3 Å². The summed E-state index contributed by atoms with van der Waals surface area (Å²) >= 11 is 0. The first-order valence-corrected chi connectivity index (χ1v) is 10.6. The van der Waals surface area contributed by atoms with Crippen LogP contribution < -0.4 is 5.32 Å². The molecule has 0 saturated carbocycles. The van der Waals surface area contributed by atoms with Crippen LogP contribution in [0.3, 0.4) is 0 Å². The maximum atomic E-state index is 13.7. The van der Waals surface area contributed by atoms with Gasteiger partial charge in [-0.2, -0.15) is 0 Å². The first-order chi connectivity index (χ1) is 16.3. The van der Waals surface area contributed by atoms with Gasteiger partial charge >= 0.3 is 5.97 Å². The number of nitrogens with zero attached hydrogens (tertiary/aromatic N) is 1. The van der Waals surface area contributed by atoms with E-state index in [1.165, 1.54) is 13.2 Å². The predicted molar refractivity (Wildman–Crippen MR) is 127 cm³/mol. The first kappa shape index (κ1) is 23.0. The first-order valence-electron chi connectivity index (χ1n) is 10.6. The number of rotatable bonds is 5. The number of aryl methyl sites for hydroxylation is 2. The SMILES string of the molecule is COC(=O)c1ccc(NC(=O)c2cc(-c3ccccc3C(F)F)nc3c(C)cc(C)cc23)cc1. The second kappa shape index (κ2) is 9.39. The summed E-state index contributed by atoms with van der Waals surface area (Å²) in [7, 11) is 1.29. The van der Waals surface area contributed by atoms with Crippen LogP contribution in [0.25, 0.3) is 22.2 Å². The van der Waals surface area contributed by atoms with E-state index in [2.05, 4.69) is 10.3 Å². The van der Waals surface area contributed by atoms with Crippen molar-refractivity contribution in [2.24, 2.45) is 0 Å². The van der Waals surface area contributed by atoms with Crippen LogP contribution in [-0.2, 0) is 4.74 Å². The Balaban J connectivity index is 1.83. The normalized spacial score (nSPS) is 11.0. The molecule has 0 aliphatic rings. The molecule has 1 N–H and O–H groups in total. The number of ether oxygens (including phenoxy) is 1. The number of carbonyl (C=O) groups excluding carboxylic acids is 2. The molecular formula is C27H22F2N2O3. The minimum absolute atomic E-state index is 0.149. The fraction of sp³-hybridized carbons (Fsp3) is 0.148. The summed E-state index contributed by atoms with van der Waals surface area (Å²) in [6.45, 7) is 3.79. The summed E-state index contributed by atoms with van der Waals surface area (Å²) < 4.78 is 32.1. The van der Waals surface area contributed by atoms with Gasteiger partial charge in [0.15, 0.2) is 0 Å². The van der Waals surface area contributed by atoms with Crippen molar-refractivity contribution in [2.75, 3.05) is 12.4 Å². The molecule has 7 heteroatoms. The van der Waals surface area contributed by atoms with E-state index in [-0.39, 0.29) is 11.1 Å². The summed E-state index contributed by atoms with van der Waals surface area (Å²) in [6.07, 6.45) is -2.68. The number of pyridine rings is 1. The van der Waals surface area contributed by atoms with Crippen molar-refractivity contribution in [1.82, 2.24) is 4.98 Å². The Kier molecular flexibility index (Phi) is 6.36. The lowest BCUT2D eigenvalue weighted by atomic mass is 9.97. The maximum absolute atomic E-state index is 13.7. The van der Waals surface area contributed by atoms with Crippen LogP contribution in [-0.4, -0.2) is 24.0 Å². The highest BCUT2D eigenvalue weighted by Crippen LogP contribution is 2.33. The monoisotopic (exact) mass is 460 g/mol. The van der Waals surface area contributed by atoms with E-state index in [0.717, 1.165) is 11.1 Å². The van der Waals surface area contributed by atoms with Crippen molar-refractivity contribution in [1.29, 1.82) is 0 Å². The predicted octanol–water partition coefficient (Wildman–Crippen LogP) is 6.50. The third kappa shape index (κ3) is 4.50. The fourth-order valence-electron chi connectivity index (χ4n) is 3.93. The number of anilines is 1. The molecule has 3 aromatic carbocycles. The summed E-state index contributed by atoms with van der Waals surface area (Å²) in [5, 5.41) is 3.45. The van der Waals surface area contributed by atoms with E-state index in [4.69, 9.17) is 4.74 Å². The Bertz CT molecular complexity index is 1400. The van der Waals surface area contributed by atoms with Gasteiger partial charge in [-0.3, -0.25) is 4.79 Å². The van der Waals surface area contributed by atoms with Crippen LogP contribution in [0.2, 0.25) is 0 Å². The Morgan fingerprint density at radius 3 is 2.35 bits per heavy atom.